The number of hydrogen-bond acceptors (Lipinski definition) is 2. The van der Waals surface area contributed by atoms with Crippen molar-refractivity contribution in [3.05, 3.63) is 64.7 Å². The van der Waals surface area contributed by atoms with Gasteiger partial charge in [-0.3, -0.25) is 4.79 Å². The van der Waals surface area contributed by atoms with E-state index in [4.69, 9.17) is 4.74 Å². The van der Waals surface area contributed by atoms with E-state index in [0.717, 1.165) is 22.7 Å². The molecule has 0 aliphatic heterocycles. The predicted octanol–water partition coefficient (Wildman–Crippen LogP) is 4.28. The van der Waals surface area contributed by atoms with Crippen molar-refractivity contribution in [1.82, 2.24) is 0 Å². The molecule has 2 aromatic rings. The molecule has 0 aliphatic rings. The molecule has 0 aromatic heterocycles. The fourth-order valence-electron chi connectivity index (χ4n) is 1.75. The van der Waals surface area contributed by atoms with Gasteiger partial charge < -0.3 is 4.74 Å². The molecule has 0 saturated heterocycles. The largest absolute Gasteiger partial charge is 0.488 e. The summed E-state index contributed by atoms with van der Waals surface area (Å²) in [6.45, 7) is 2.44. The fourth-order valence-corrected chi connectivity index (χ4v) is 2.12. The summed E-state index contributed by atoms with van der Waals surface area (Å²) in [5, 5.41) is 0.849. The molecule has 98 valence electrons. The zero-order valence-corrected chi connectivity index (χ0v) is 12.3. The van der Waals surface area contributed by atoms with Crippen LogP contribution in [0, 0.1) is 6.92 Å². The zero-order chi connectivity index (χ0) is 13.7. The van der Waals surface area contributed by atoms with E-state index in [1.165, 1.54) is 5.56 Å². The normalized spacial score (nSPS) is 10.2. The summed E-state index contributed by atoms with van der Waals surface area (Å²) in [7, 11) is 0. The highest BCUT2D eigenvalue weighted by Gasteiger charge is 2.03. The second-order valence-electron chi connectivity index (χ2n) is 4.40. The van der Waals surface area contributed by atoms with E-state index in [9.17, 15) is 4.79 Å². The van der Waals surface area contributed by atoms with Crippen LogP contribution >= 0.6 is 15.9 Å². The van der Waals surface area contributed by atoms with Crippen LogP contribution in [0.4, 0.5) is 0 Å². The van der Waals surface area contributed by atoms with Crippen LogP contribution in [0.3, 0.4) is 0 Å². The minimum absolute atomic E-state index is 0.465. The number of ether oxygens (including phenoxy) is 1. The van der Waals surface area contributed by atoms with E-state index in [2.05, 4.69) is 28.1 Å². The maximum atomic E-state index is 10.9. The molecule has 2 rings (SSSR count). The predicted molar refractivity (Wildman–Crippen MR) is 80.0 cm³/mol. The summed E-state index contributed by atoms with van der Waals surface area (Å²) in [6, 6.07) is 13.8. The van der Waals surface area contributed by atoms with Gasteiger partial charge in [0.15, 0.2) is 6.29 Å². The third kappa shape index (κ3) is 3.67. The second kappa shape index (κ2) is 6.53. The van der Waals surface area contributed by atoms with Crippen LogP contribution in [0.5, 0.6) is 5.75 Å². The molecule has 0 unspecified atom stereocenters. The lowest BCUT2D eigenvalue weighted by Gasteiger charge is -2.09. The lowest BCUT2D eigenvalue weighted by molar-refractivity contribution is 0.111. The Morgan fingerprint density at radius 1 is 1.11 bits per heavy atom. The van der Waals surface area contributed by atoms with Crippen LogP contribution in [0.1, 0.15) is 27.0 Å². The second-order valence-corrected chi connectivity index (χ2v) is 4.96. The molecular formula is C16H15BrO2. The summed E-state index contributed by atoms with van der Waals surface area (Å²) in [5.74, 6) is 0.638. The van der Waals surface area contributed by atoms with Gasteiger partial charge in [-0.15, -0.1) is 0 Å². The van der Waals surface area contributed by atoms with E-state index in [1.54, 1.807) is 6.07 Å². The average Bonchev–Trinajstić information content (AvgIpc) is 2.46. The van der Waals surface area contributed by atoms with E-state index in [1.807, 2.05) is 31.2 Å². The van der Waals surface area contributed by atoms with Crippen molar-refractivity contribution in [2.24, 2.45) is 0 Å². The van der Waals surface area contributed by atoms with Gasteiger partial charge in [0.25, 0.3) is 0 Å². The first kappa shape index (κ1) is 13.8. The van der Waals surface area contributed by atoms with Crippen LogP contribution in [-0.4, -0.2) is 6.29 Å². The highest BCUT2D eigenvalue weighted by Crippen LogP contribution is 2.20. The maximum absolute atomic E-state index is 10.9. The molecule has 0 atom stereocenters. The molecule has 0 aliphatic carbocycles. The Morgan fingerprint density at radius 3 is 2.42 bits per heavy atom. The molecular weight excluding hydrogens is 304 g/mol. The number of aryl methyl sites for hydroxylation is 1. The molecule has 0 heterocycles. The van der Waals surface area contributed by atoms with E-state index < -0.39 is 0 Å². The minimum Gasteiger partial charge on any atom is -0.488 e. The Hall–Kier alpha value is -1.61. The van der Waals surface area contributed by atoms with Crippen molar-refractivity contribution in [3.8, 4) is 5.75 Å². The van der Waals surface area contributed by atoms with Crippen molar-refractivity contribution in [1.29, 1.82) is 0 Å². The van der Waals surface area contributed by atoms with Crippen LogP contribution in [0.25, 0.3) is 0 Å². The molecule has 0 spiro atoms. The Balaban J connectivity index is 2.09. The van der Waals surface area contributed by atoms with Crippen LogP contribution in [0.2, 0.25) is 0 Å². The number of rotatable bonds is 5. The fraction of sp³-hybridized carbons (Fsp3) is 0.188. The van der Waals surface area contributed by atoms with Gasteiger partial charge >= 0.3 is 0 Å². The highest BCUT2D eigenvalue weighted by atomic mass is 79.9. The van der Waals surface area contributed by atoms with Crippen molar-refractivity contribution in [2.75, 3.05) is 0 Å². The van der Waals surface area contributed by atoms with Gasteiger partial charge in [0.1, 0.15) is 12.4 Å². The first-order valence-electron chi connectivity index (χ1n) is 6.05. The molecule has 0 bridgehead atoms. The Kier molecular flexibility index (Phi) is 4.74. The molecule has 0 fully saturated rings. The van der Waals surface area contributed by atoms with Crippen LogP contribution < -0.4 is 4.74 Å². The summed E-state index contributed by atoms with van der Waals surface area (Å²) in [6.07, 6.45) is 0.822. The molecule has 2 nitrogen and oxygen atoms in total. The number of halogens is 1. The van der Waals surface area contributed by atoms with Crippen molar-refractivity contribution in [3.63, 3.8) is 0 Å². The van der Waals surface area contributed by atoms with E-state index in [-0.39, 0.29) is 0 Å². The van der Waals surface area contributed by atoms with Gasteiger partial charge in [0.2, 0.25) is 0 Å². The van der Waals surface area contributed by atoms with Crippen LogP contribution in [-0.2, 0) is 11.9 Å². The summed E-state index contributed by atoms with van der Waals surface area (Å²) in [4.78, 5) is 10.9. The number of aldehydes is 1. The SMILES string of the molecule is Cc1ccc(C=O)c(OCc2ccc(CBr)cc2)c1. The number of benzene rings is 2. The molecule has 0 amide bonds. The topological polar surface area (TPSA) is 26.3 Å². The number of alkyl halides is 1. The first-order chi connectivity index (χ1) is 9.22. The Morgan fingerprint density at radius 2 is 1.79 bits per heavy atom. The lowest BCUT2D eigenvalue weighted by atomic mass is 10.1. The molecule has 2 aromatic carbocycles. The summed E-state index contributed by atoms with van der Waals surface area (Å²) >= 11 is 3.41. The van der Waals surface area contributed by atoms with E-state index in [0.29, 0.717) is 17.9 Å². The lowest BCUT2D eigenvalue weighted by Crippen LogP contribution is -1.98. The van der Waals surface area contributed by atoms with Crippen molar-refractivity contribution < 1.29 is 9.53 Å². The molecule has 0 radical (unpaired) electrons. The Labute approximate surface area is 121 Å². The maximum Gasteiger partial charge on any atom is 0.153 e. The Bertz CT molecular complexity index is 561. The van der Waals surface area contributed by atoms with Gasteiger partial charge in [-0.2, -0.15) is 0 Å². The number of carbonyl (C=O) groups excluding carboxylic acids is 1. The molecule has 0 saturated carbocycles. The van der Waals surface area contributed by atoms with Gasteiger partial charge in [-0.05, 0) is 35.7 Å². The highest BCUT2D eigenvalue weighted by molar-refractivity contribution is 9.08. The van der Waals surface area contributed by atoms with Gasteiger partial charge in [0, 0.05) is 5.33 Å². The third-order valence-corrected chi connectivity index (χ3v) is 3.52. The number of hydrogen-bond donors (Lipinski definition) is 0. The number of carbonyl (C=O) groups is 1. The molecule has 19 heavy (non-hydrogen) atoms. The summed E-state index contributed by atoms with van der Waals surface area (Å²) in [5.41, 5.74) is 3.98. The average molecular weight is 319 g/mol. The smallest absolute Gasteiger partial charge is 0.153 e. The standard InChI is InChI=1S/C16H15BrO2/c1-12-2-7-15(10-18)16(8-12)19-11-14-5-3-13(9-17)4-6-14/h2-8,10H,9,11H2,1H3. The monoisotopic (exact) mass is 318 g/mol. The minimum atomic E-state index is 0.465. The first-order valence-corrected chi connectivity index (χ1v) is 7.17. The molecule has 3 heteroatoms. The third-order valence-electron chi connectivity index (χ3n) is 2.87. The van der Waals surface area contributed by atoms with Crippen molar-refractivity contribution >= 4 is 22.2 Å². The van der Waals surface area contributed by atoms with Crippen molar-refractivity contribution in [2.45, 2.75) is 18.9 Å². The van der Waals surface area contributed by atoms with E-state index >= 15 is 0 Å². The van der Waals surface area contributed by atoms with Gasteiger partial charge in [-0.1, -0.05) is 46.3 Å². The zero-order valence-electron chi connectivity index (χ0n) is 10.7. The van der Waals surface area contributed by atoms with Gasteiger partial charge in [0.05, 0.1) is 5.56 Å². The van der Waals surface area contributed by atoms with Gasteiger partial charge in [-0.25, -0.2) is 0 Å². The quantitative estimate of drug-likeness (QED) is 0.607. The molecule has 0 N–H and O–H groups in total. The summed E-state index contributed by atoms with van der Waals surface area (Å²) < 4.78 is 5.73. The van der Waals surface area contributed by atoms with Crippen LogP contribution in [0.15, 0.2) is 42.5 Å².